The lowest BCUT2D eigenvalue weighted by Crippen LogP contribution is -2.46. The topological polar surface area (TPSA) is 29.3 Å². The van der Waals surface area contributed by atoms with Crippen molar-refractivity contribution in [2.24, 2.45) is 11.7 Å². The molecule has 1 heterocycles. The zero-order chi connectivity index (χ0) is 11.7. The van der Waals surface area contributed by atoms with Gasteiger partial charge in [0.05, 0.1) is 0 Å². The fourth-order valence-corrected chi connectivity index (χ4v) is 4.62. The minimum absolute atomic E-state index is 0.485. The van der Waals surface area contributed by atoms with Crippen molar-refractivity contribution in [2.45, 2.75) is 82.3 Å². The van der Waals surface area contributed by atoms with Crippen LogP contribution in [0.3, 0.4) is 0 Å². The largest absolute Gasteiger partial charge is 0.328 e. The molecule has 2 nitrogen and oxygen atoms in total. The molecule has 0 aromatic carbocycles. The molecule has 0 radical (unpaired) electrons. The lowest BCUT2D eigenvalue weighted by atomic mass is 9.88. The Kier molecular flexibility index (Phi) is 3.72. The summed E-state index contributed by atoms with van der Waals surface area (Å²) < 4.78 is 0. The summed E-state index contributed by atoms with van der Waals surface area (Å²) in [6, 6.07) is 2.23. The van der Waals surface area contributed by atoms with Crippen LogP contribution in [0.1, 0.15) is 64.2 Å². The van der Waals surface area contributed by atoms with Crippen molar-refractivity contribution in [2.75, 3.05) is 6.54 Å². The highest BCUT2D eigenvalue weighted by atomic mass is 15.2. The van der Waals surface area contributed by atoms with Crippen LogP contribution in [-0.4, -0.2) is 29.6 Å². The quantitative estimate of drug-likeness (QED) is 0.799. The molecule has 0 bridgehead atoms. The summed E-state index contributed by atoms with van der Waals surface area (Å²) in [7, 11) is 0. The fourth-order valence-electron chi connectivity index (χ4n) is 4.62. The van der Waals surface area contributed by atoms with Crippen molar-refractivity contribution >= 4 is 0 Å². The molecule has 0 aromatic heterocycles. The molecule has 2 N–H and O–H groups in total. The molecular weight excluding hydrogens is 208 g/mol. The summed E-state index contributed by atoms with van der Waals surface area (Å²) in [5.74, 6) is 1.02. The zero-order valence-corrected chi connectivity index (χ0v) is 11.1. The first-order valence-electron chi connectivity index (χ1n) is 7.86. The Hall–Kier alpha value is -0.0800. The van der Waals surface area contributed by atoms with Gasteiger partial charge >= 0.3 is 0 Å². The number of hydrogen-bond donors (Lipinski definition) is 1. The Morgan fingerprint density at radius 1 is 0.824 bits per heavy atom. The van der Waals surface area contributed by atoms with Gasteiger partial charge in [0, 0.05) is 18.1 Å². The van der Waals surface area contributed by atoms with E-state index in [1.165, 1.54) is 70.8 Å². The summed E-state index contributed by atoms with van der Waals surface area (Å²) in [4.78, 5) is 2.87. The van der Waals surface area contributed by atoms with Crippen molar-refractivity contribution < 1.29 is 0 Å². The van der Waals surface area contributed by atoms with Gasteiger partial charge in [0.15, 0.2) is 0 Å². The van der Waals surface area contributed by atoms with Crippen LogP contribution in [0.15, 0.2) is 0 Å². The molecule has 0 spiro atoms. The maximum absolute atomic E-state index is 6.16. The van der Waals surface area contributed by atoms with Gasteiger partial charge in [-0.05, 0) is 57.4 Å². The molecule has 3 fully saturated rings. The van der Waals surface area contributed by atoms with E-state index in [1.54, 1.807) is 0 Å². The van der Waals surface area contributed by atoms with Crippen LogP contribution in [0.2, 0.25) is 0 Å². The third-order valence-corrected chi connectivity index (χ3v) is 5.44. The predicted molar refractivity (Wildman–Crippen MR) is 71.9 cm³/mol. The third kappa shape index (κ3) is 2.53. The van der Waals surface area contributed by atoms with Gasteiger partial charge < -0.3 is 5.73 Å². The molecule has 2 saturated carbocycles. The first kappa shape index (κ1) is 12.0. The molecule has 0 aromatic rings. The van der Waals surface area contributed by atoms with Gasteiger partial charge in [0.25, 0.3) is 0 Å². The summed E-state index contributed by atoms with van der Waals surface area (Å²) in [6.45, 7) is 1.36. The Balaban J connectivity index is 1.64. The monoisotopic (exact) mass is 236 g/mol. The Morgan fingerprint density at radius 3 is 2.41 bits per heavy atom. The van der Waals surface area contributed by atoms with Crippen LogP contribution < -0.4 is 5.73 Å². The predicted octanol–water partition coefficient (Wildman–Crippen LogP) is 2.91. The van der Waals surface area contributed by atoms with E-state index in [0.29, 0.717) is 6.04 Å². The minimum Gasteiger partial charge on any atom is -0.328 e. The molecule has 3 atom stereocenters. The van der Waals surface area contributed by atoms with E-state index in [4.69, 9.17) is 5.73 Å². The first-order chi connectivity index (χ1) is 8.34. The van der Waals surface area contributed by atoms with Gasteiger partial charge in [0.1, 0.15) is 0 Å². The van der Waals surface area contributed by atoms with Gasteiger partial charge in [-0.15, -0.1) is 0 Å². The zero-order valence-electron chi connectivity index (χ0n) is 11.1. The smallest absolute Gasteiger partial charge is 0.0127 e. The van der Waals surface area contributed by atoms with Crippen molar-refractivity contribution in [3.8, 4) is 0 Å². The summed E-state index contributed by atoms with van der Waals surface area (Å²) in [5.41, 5.74) is 6.16. The third-order valence-electron chi connectivity index (χ3n) is 5.44. The SMILES string of the molecule is NC1CCCC(N2CCCC2C2CCCC2)C1. The highest BCUT2D eigenvalue weighted by Gasteiger charge is 2.37. The van der Waals surface area contributed by atoms with Crippen LogP contribution >= 0.6 is 0 Å². The maximum Gasteiger partial charge on any atom is 0.0127 e. The molecule has 98 valence electrons. The number of nitrogens with zero attached hydrogens (tertiary/aromatic N) is 1. The lowest BCUT2D eigenvalue weighted by Gasteiger charge is -2.39. The van der Waals surface area contributed by atoms with Crippen LogP contribution in [0.4, 0.5) is 0 Å². The maximum atomic E-state index is 6.16. The van der Waals surface area contributed by atoms with Crippen molar-refractivity contribution in [1.29, 1.82) is 0 Å². The van der Waals surface area contributed by atoms with Gasteiger partial charge in [-0.1, -0.05) is 19.3 Å². The van der Waals surface area contributed by atoms with E-state index >= 15 is 0 Å². The minimum atomic E-state index is 0.485. The summed E-state index contributed by atoms with van der Waals surface area (Å²) in [6.07, 6.45) is 14.2. The van der Waals surface area contributed by atoms with E-state index in [2.05, 4.69) is 4.90 Å². The van der Waals surface area contributed by atoms with Crippen molar-refractivity contribution in [3.05, 3.63) is 0 Å². The van der Waals surface area contributed by atoms with Crippen molar-refractivity contribution in [1.82, 2.24) is 4.90 Å². The standard InChI is InChI=1S/C15H28N2/c16-13-7-3-8-14(11-13)17-10-4-9-15(17)12-5-1-2-6-12/h12-15H,1-11,16H2. The van der Waals surface area contributed by atoms with Crippen molar-refractivity contribution in [3.63, 3.8) is 0 Å². The average molecular weight is 236 g/mol. The van der Waals surface area contributed by atoms with E-state index in [1.807, 2.05) is 0 Å². The number of hydrogen-bond acceptors (Lipinski definition) is 2. The van der Waals surface area contributed by atoms with E-state index in [9.17, 15) is 0 Å². The van der Waals surface area contributed by atoms with Crippen LogP contribution in [-0.2, 0) is 0 Å². The second-order valence-electron chi connectivity index (χ2n) is 6.57. The normalized spacial score (nSPS) is 41.1. The Morgan fingerprint density at radius 2 is 1.65 bits per heavy atom. The van der Waals surface area contributed by atoms with Crippen LogP contribution in [0, 0.1) is 5.92 Å². The molecule has 0 amide bonds. The van der Waals surface area contributed by atoms with E-state index < -0.39 is 0 Å². The number of rotatable bonds is 2. The van der Waals surface area contributed by atoms with Crippen LogP contribution in [0.25, 0.3) is 0 Å². The Labute approximate surface area is 106 Å². The van der Waals surface area contributed by atoms with Gasteiger partial charge in [-0.25, -0.2) is 0 Å². The number of likely N-dealkylation sites (tertiary alicyclic amines) is 1. The number of nitrogens with two attached hydrogens (primary N) is 1. The average Bonchev–Trinajstić information content (AvgIpc) is 3.00. The van der Waals surface area contributed by atoms with Crippen LogP contribution in [0.5, 0.6) is 0 Å². The lowest BCUT2D eigenvalue weighted by molar-refractivity contribution is 0.102. The molecule has 3 unspecified atom stereocenters. The van der Waals surface area contributed by atoms with Gasteiger partial charge in [0.2, 0.25) is 0 Å². The second kappa shape index (κ2) is 5.27. The summed E-state index contributed by atoms with van der Waals surface area (Å²) in [5, 5.41) is 0. The van der Waals surface area contributed by atoms with E-state index in [0.717, 1.165) is 18.0 Å². The van der Waals surface area contributed by atoms with E-state index in [-0.39, 0.29) is 0 Å². The second-order valence-corrected chi connectivity index (χ2v) is 6.57. The molecule has 17 heavy (non-hydrogen) atoms. The molecular formula is C15H28N2. The van der Waals surface area contributed by atoms with Gasteiger partial charge in [-0.3, -0.25) is 4.90 Å². The highest BCUT2D eigenvalue weighted by Crippen LogP contribution is 2.38. The molecule has 2 aliphatic carbocycles. The first-order valence-corrected chi connectivity index (χ1v) is 7.86. The molecule has 1 saturated heterocycles. The molecule has 2 heteroatoms. The summed E-state index contributed by atoms with van der Waals surface area (Å²) >= 11 is 0. The highest BCUT2D eigenvalue weighted by molar-refractivity contribution is 4.93. The Bertz CT molecular complexity index is 247. The molecule has 3 rings (SSSR count). The molecule has 1 aliphatic heterocycles. The van der Waals surface area contributed by atoms with Gasteiger partial charge in [-0.2, -0.15) is 0 Å². The molecule has 3 aliphatic rings. The fraction of sp³-hybridized carbons (Fsp3) is 1.00.